The molecule has 1 heterocycles. The van der Waals surface area contributed by atoms with Gasteiger partial charge in [0.05, 0.1) is 6.10 Å². The van der Waals surface area contributed by atoms with Crippen molar-refractivity contribution in [3.63, 3.8) is 0 Å². The normalized spacial score (nSPS) is 22.5. The summed E-state index contributed by atoms with van der Waals surface area (Å²) in [6, 6.07) is 0.204. The summed E-state index contributed by atoms with van der Waals surface area (Å²) in [6.45, 7) is 2.65. The molecule has 1 fully saturated rings. The molecular formula is C13H26N2O4. The van der Waals surface area contributed by atoms with Gasteiger partial charge in [0, 0.05) is 47.0 Å². The molecule has 6 heteroatoms. The van der Waals surface area contributed by atoms with Crippen LogP contribution >= 0.6 is 0 Å². The molecule has 2 atom stereocenters. The van der Waals surface area contributed by atoms with Crippen molar-refractivity contribution in [2.75, 3.05) is 47.6 Å². The molecule has 1 rings (SSSR count). The fraction of sp³-hybridized carbons (Fsp3) is 0.923. The van der Waals surface area contributed by atoms with Crippen LogP contribution in [-0.4, -0.2) is 70.7 Å². The molecule has 6 nitrogen and oxygen atoms in total. The van der Waals surface area contributed by atoms with E-state index in [1.807, 2.05) is 0 Å². The van der Waals surface area contributed by atoms with Gasteiger partial charge in [-0.1, -0.05) is 0 Å². The first kappa shape index (κ1) is 16.2. The fourth-order valence-corrected chi connectivity index (χ4v) is 2.06. The number of nitrogens with one attached hydrogen (secondary N) is 1. The van der Waals surface area contributed by atoms with Gasteiger partial charge in [0.2, 0.25) is 0 Å². The lowest BCUT2D eigenvalue weighted by atomic mass is 10.2. The van der Waals surface area contributed by atoms with Crippen molar-refractivity contribution in [1.29, 1.82) is 0 Å². The molecule has 0 radical (unpaired) electrons. The van der Waals surface area contributed by atoms with Gasteiger partial charge in [-0.05, 0) is 19.3 Å². The number of ether oxygens (including phenoxy) is 3. The lowest BCUT2D eigenvalue weighted by Crippen LogP contribution is -2.33. The van der Waals surface area contributed by atoms with Crippen LogP contribution in [0.3, 0.4) is 0 Å². The van der Waals surface area contributed by atoms with Gasteiger partial charge < -0.3 is 24.4 Å². The van der Waals surface area contributed by atoms with Crippen LogP contribution in [0.15, 0.2) is 0 Å². The Labute approximate surface area is 115 Å². The van der Waals surface area contributed by atoms with Gasteiger partial charge in [-0.25, -0.2) is 4.79 Å². The number of carbonyl (C=O) groups is 1. The van der Waals surface area contributed by atoms with Crippen molar-refractivity contribution in [3.8, 4) is 0 Å². The first-order valence-corrected chi connectivity index (χ1v) is 6.80. The summed E-state index contributed by atoms with van der Waals surface area (Å²) in [5.74, 6) is 0. The average Bonchev–Trinajstić information content (AvgIpc) is 2.88. The zero-order chi connectivity index (χ0) is 14.1. The van der Waals surface area contributed by atoms with Crippen LogP contribution in [0.5, 0.6) is 0 Å². The maximum Gasteiger partial charge on any atom is 0.409 e. The van der Waals surface area contributed by atoms with Gasteiger partial charge in [0.15, 0.2) is 0 Å². The number of carbonyl (C=O) groups excluding carboxylic acids is 1. The third kappa shape index (κ3) is 6.22. The molecular weight excluding hydrogens is 248 g/mol. The van der Waals surface area contributed by atoms with Crippen LogP contribution < -0.4 is 5.32 Å². The van der Waals surface area contributed by atoms with E-state index in [9.17, 15) is 4.79 Å². The molecule has 2 unspecified atom stereocenters. The van der Waals surface area contributed by atoms with Gasteiger partial charge in [0.1, 0.15) is 6.61 Å². The number of hydrogen-bond donors (Lipinski definition) is 1. The summed E-state index contributed by atoms with van der Waals surface area (Å²) in [7, 11) is 5.14. The van der Waals surface area contributed by atoms with Gasteiger partial charge in [0.25, 0.3) is 0 Å². The van der Waals surface area contributed by atoms with Crippen LogP contribution in [0, 0.1) is 0 Å². The van der Waals surface area contributed by atoms with Gasteiger partial charge in [-0.15, -0.1) is 0 Å². The molecule has 112 valence electrons. The minimum atomic E-state index is -0.264. The highest BCUT2D eigenvalue weighted by Crippen LogP contribution is 2.10. The van der Waals surface area contributed by atoms with Crippen LogP contribution in [0.1, 0.15) is 19.3 Å². The van der Waals surface area contributed by atoms with Crippen molar-refractivity contribution in [2.45, 2.75) is 31.4 Å². The van der Waals surface area contributed by atoms with E-state index in [1.54, 1.807) is 26.2 Å². The molecule has 1 saturated heterocycles. The second-order valence-corrected chi connectivity index (χ2v) is 4.90. The Morgan fingerprint density at radius 1 is 1.37 bits per heavy atom. The largest absolute Gasteiger partial charge is 0.448 e. The fourth-order valence-electron chi connectivity index (χ4n) is 2.06. The topological polar surface area (TPSA) is 60.0 Å². The molecule has 1 N–H and O–H groups in total. The number of unbranched alkanes of at least 4 members (excludes halogenated alkanes) is 1. The van der Waals surface area contributed by atoms with Crippen LogP contribution in [0.4, 0.5) is 4.79 Å². The number of nitrogens with zero attached hydrogens (tertiary/aromatic N) is 1. The minimum absolute atomic E-state index is 0.204. The van der Waals surface area contributed by atoms with Gasteiger partial charge in [-0.3, -0.25) is 0 Å². The third-order valence-electron chi connectivity index (χ3n) is 3.33. The summed E-state index contributed by atoms with van der Waals surface area (Å²) in [5, 5.41) is 3.27. The Morgan fingerprint density at radius 2 is 2.16 bits per heavy atom. The lowest BCUT2D eigenvalue weighted by Gasteiger charge is -2.18. The number of hydrogen-bond acceptors (Lipinski definition) is 5. The molecule has 1 aliphatic heterocycles. The highest BCUT2D eigenvalue weighted by molar-refractivity contribution is 5.67. The standard InChI is InChI=1S/C13H26N2O4/c1-15(6-4-5-7-17-2)13(16)19-10-11-8-12(18-3)9-14-11/h11-12,14H,4-10H2,1-3H3. The Balaban J connectivity index is 2.09. The van der Waals surface area contributed by atoms with Crippen LogP contribution in [0.2, 0.25) is 0 Å². The number of rotatable bonds is 8. The molecule has 0 saturated carbocycles. The Kier molecular flexibility index (Phi) is 7.78. The highest BCUT2D eigenvalue weighted by atomic mass is 16.6. The summed E-state index contributed by atoms with van der Waals surface area (Å²) >= 11 is 0. The predicted octanol–water partition coefficient (Wildman–Crippen LogP) is 0.858. The van der Waals surface area contributed by atoms with E-state index in [2.05, 4.69) is 5.32 Å². The van der Waals surface area contributed by atoms with Gasteiger partial charge in [-0.2, -0.15) is 0 Å². The van der Waals surface area contributed by atoms with Crippen molar-refractivity contribution < 1.29 is 19.0 Å². The molecule has 1 aliphatic rings. The first-order chi connectivity index (χ1) is 9.17. The van der Waals surface area contributed by atoms with E-state index in [4.69, 9.17) is 14.2 Å². The molecule has 0 aromatic carbocycles. The Morgan fingerprint density at radius 3 is 2.79 bits per heavy atom. The highest BCUT2D eigenvalue weighted by Gasteiger charge is 2.25. The summed E-state index contributed by atoms with van der Waals surface area (Å²) < 4.78 is 15.5. The van der Waals surface area contributed by atoms with Crippen molar-refractivity contribution >= 4 is 6.09 Å². The van der Waals surface area contributed by atoms with Gasteiger partial charge >= 0.3 is 6.09 Å². The van der Waals surface area contributed by atoms with E-state index in [-0.39, 0.29) is 18.2 Å². The summed E-state index contributed by atoms with van der Waals surface area (Å²) in [6.07, 6.45) is 2.73. The maximum atomic E-state index is 11.7. The maximum absolute atomic E-state index is 11.7. The van der Waals surface area contributed by atoms with Crippen molar-refractivity contribution in [3.05, 3.63) is 0 Å². The molecule has 0 aromatic heterocycles. The second-order valence-electron chi connectivity index (χ2n) is 4.90. The SMILES string of the molecule is COCCCCN(C)C(=O)OCC1CC(OC)CN1. The molecule has 0 aromatic rings. The zero-order valence-electron chi connectivity index (χ0n) is 12.2. The van der Waals surface area contributed by atoms with Crippen molar-refractivity contribution in [2.24, 2.45) is 0 Å². The van der Waals surface area contributed by atoms with Crippen molar-refractivity contribution in [1.82, 2.24) is 10.2 Å². The van der Waals surface area contributed by atoms with Crippen LogP contribution in [0.25, 0.3) is 0 Å². The Hall–Kier alpha value is -0.850. The second kappa shape index (κ2) is 9.12. The quantitative estimate of drug-likeness (QED) is 0.665. The van der Waals surface area contributed by atoms with Crippen LogP contribution in [-0.2, 0) is 14.2 Å². The van der Waals surface area contributed by atoms with E-state index in [0.29, 0.717) is 13.2 Å². The van der Waals surface area contributed by atoms with E-state index in [0.717, 1.165) is 32.4 Å². The lowest BCUT2D eigenvalue weighted by molar-refractivity contribution is 0.0931. The molecule has 1 amide bonds. The zero-order valence-corrected chi connectivity index (χ0v) is 12.2. The first-order valence-electron chi connectivity index (χ1n) is 6.80. The average molecular weight is 274 g/mol. The molecule has 0 spiro atoms. The molecule has 0 bridgehead atoms. The number of amides is 1. The Bertz CT molecular complexity index is 263. The molecule has 0 aliphatic carbocycles. The van der Waals surface area contributed by atoms with E-state index < -0.39 is 0 Å². The predicted molar refractivity (Wildman–Crippen MR) is 72.3 cm³/mol. The third-order valence-corrected chi connectivity index (χ3v) is 3.33. The molecule has 19 heavy (non-hydrogen) atoms. The number of methoxy groups -OCH3 is 2. The van der Waals surface area contributed by atoms with E-state index in [1.165, 1.54) is 0 Å². The summed E-state index contributed by atoms with van der Waals surface area (Å²) in [5.41, 5.74) is 0. The van der Waals surface area contributed by atoms with E-state index >= 15 is 0 Å². The smallest absolute Gasteiger partial charge is 0.409 e. The monoisotopic (exact) mass is 274 g/mol. The minimum Gasteiger partial charge on any atom is -0.448 e. The summed E-state index contributed by atoms with van der Waals surface area (Å²) in [4.78, 5) is 13.3.